The zero-order valence-corrected chi connectivity index (χ0v) is 24.5. The second-order valence-corrected chi connectivity index (χ2v) is 10.1. The van der Waals surface area contributed by atoms with E-state index < -0.39 is 35.5 Å². The molecule has 0 radical (unpaired) electrons. The molecule has 1 aromatic rings. The van der Waals surface area contributed by atoms with Crippen LogP contribution in [0.25, 0.3) is 0 Å². The van der Waals surface area contributed by atoms with Gasteiger partial charge in [-0.1, -0.05) is 66.4 Å². The standard InChI is InChI=1S/C30H47NO8/c1-7-11-13-15-26(32)37-24-18-17-23(19-25(24)38-27(33)16-14-12-8-2)20-30(29(35)36,31-22(6)10-4)39-28(34)21(5)9-3/h17-19,21-22,31H,7-16,20H2,1-6H3,(H,35,36)/t21?,22?,30-/m0/s1. The Balaban J connectivity index is 3.39. The summed E-state index contributed by atoms with van der Waals surface area (Å²) in [6.45, 7) is 11.3. The van der Waals surface area contributed by atoms with Crippen molar-refractivity contribution in [2.24, 2.45) is 5.92 Å². The molecule has 0 aromatic heterocycles. The van der Waals surface area contributed by atoms with E-state index in [9.17, 15) is 24.3 Å². The van der Waals surface area contributed by atoms with Crippen LogP contribution in [-0.4, -0.2) is 40.8 Å². The molecule has 0 amide bonds. The van der Waals surface area contributed by atoms with Crippen molar-refractivity contribution in [3.05, 3.63) is 23.8 Å². The first-order valence-electron chi connectivity index (χ1n) is 14.3. The Hall–Kier alpha value is -2.94. The van der Waals surface area contributed by atoms with E-state index in [1.54, 1.807) is 19.9 Å². The van der Waals surface area contributed by atoms with E-state index in [1.165, 1.54) is 12.1 Å². The van der Waals surface area contributed by atoms with Crippen molar-refractivity contribution in [1.82, 2.24) is 5.32 Å². The molecule has 0 aliphatic heterocycles. The minimum Gasteiger partial charge on any atom is -0.477 e. The molecule has 0 spiro atoms. The number of hydrogen-bond acceptors (Lipinski definition) is 8. The molecule has 0 saturated carbocycles. The van der Waals surface area contributed by atoms with E-state index in [2.05, 4.69) is 5.32 Å². The highest BCUT2D eigenvalue weighted by molar-refractivity contribution is 5.83. The van der Waals surface area contributed by atoms with Crippen LogP contribution < -0.4 is 14.8 Å². The number of ether oxygens (including phenoxy) is 3. The van der Waals surface area contributed by atoms with E-state index >= 15 is 0 Å². The number of carboxylic acids is 1. The molecule has 0 aliphatic carbocycles. The third kappa shape index (κ3) is 11.8. The molecule has 3 atom stereocenters. The molecule has 0 aliphatic rings. The van der Waals surface area contributed by atoms with E-state index in [-0.39, 0.29) is 36.8 Å². The molecule has 0 bridgehead atoms. The molecular weight excluding hydrogens is 502 g/mol. The van der Waals surface area contributed by atoms with E-state index in [4.69, 9.17) is 14.2 Å². The highest BCUT2D eigenvalue weighted by Crippen LogP contribution is 2.32. The highest BCUT2D eigenvalue weighted by atomic mass is 16.6. The van der Waals surface area contributed by atoms with Crippen LogP contribution in [0.1, 0.15) is 111 Å². The van der Waals surface area contributed by atoms with Crippen LogP contribution >= 0.6 is 0 Å². The third-order valence-electron chi connectivity index (χ3n) is 6.60. The van der Waals surface area contributed by atoms with Crippen LogP contribution in [0.3, 0.4) is 0 Å². The van der Waals surface area contributed by atoms with Crippen molar-refractivity contribution in [2.45, 2.75) is 124 Å². The van der Waals surface area contributed by atoms with Crippen LogP contribution in [0.4, 0.5) is 0 Å². The number of unbranched alkanes of at least 4 members (excludes halogenated alkanes) is 4. The number of carbonyl (C=O) groups excluding carboxylic acids is 3. The van der Waals surface area contributed by atoms with Gasteiger partial charge in [-0.15, -0.1) is 0 Å². The number of nitrogens with one attached hydrogen (secondary N) is 1. The summed E-state index contributed by atoms with van der Waals surface area (Å²) in [6, 6.07) is 4.26. The summed E-state index contributed by atoms with van der Waals surface area (Å²) in [5.41, 5.74) is -1.62. The van der Waals surface area contributed by atoms with Gasteiger partial charge < -0.3 is 19.3 Å². The van der Waals surface area contributed by atoms with E-state index in [0.29, 0.717) is 31.2 Å². The van der Waals surface area contributed by atoms with Gasteiger partial charge in [0.25, 0.3) is 5.72 Å². The lowest BCUT2D eigenvalue weighted by atomic mass is 9.99. The molecule has 0 heterocycles. The molecule has 39 heavy (non-hydrogen) atoms. The predicted octanol–water partition coefficient (Wildman–Crippen LogP) is 5.96. The normalized spacial score (nSPS) is 14.1. The Morgan fingerprint density at radius 1 is 0.846 bits per heavy atom. The fourth-order valence-corrected chi connectivity index (χ4v) is 3.74. The maximum atomic E-state index is 12.7. The Labute approximate surface area is 233 Å². The van der Waals surface area contributed by atoms with Crippen molar-refractivity contribution in [1.29, 1.82) is 0 Å². The van der Waals surface area contributed by atoms with Gasteiger partial charge in [-0.2, -0.15) is 0 Å². The fraction of sp³-hybridized carbons (Fsp3) is 0.667. The molecule has 9 nitrogen and oxygen atoms in total. The van der Waals surface area contributed by atoms with Gasteiger partial charge in [-0.05, 0) is 50.3 Å². The first-order valence-corrected chi connectivity index (χ1v) is 14.3. The minimum absolute atomic E-state index is 0.0221. The topological polar surface area (TPSA) is 128 Å². The number of rotatable bonds is 19. The van der Waals surface area contributed by atoms with Crippen molar-refractivity contribution < 1.29 is 38.5 Å². The average Bonchev–Trinajstić information content (AvgIpc) is 2.89. The van der Waals surface area contributed by atoms with Gasteiger partial charge in [0.05, 0.1) is 5.92 Å². The smallest absolute Gasteiger partial charge is 0.364 e. The molecule has 2 N–H and O–H groups in total. The second kappa shape index (κ2) is 17.6. The summed E-state index contributed by atoms with van der Waals surface area (Å²) < 4.78 is 16.7. The van der Waals surface area contributed by atoms with Crippen LogP contribution in [0.5, 0.6) is 11.5 Å². The Kier molecular flexibility index (Phi) is 15.4. The summed E-state index contributed by atoms with van der Waals surface area (Å²) in [7, 11) is 0. The van der Waals surface area contributed by atoms with Crippen LogP contribution in [0.2, 0.25) is 0 Å². The largest absolute Gasteiger partial charge is 0.477 e. The average molecular weight is 550 g/mol. The Bertz CT molecular complexity index is 947. The SMILES string of the molecule is CCCCCC(=O)Oc1ccc(C[C@](NC(C)CC)(OC(=O)C(C)CC)C(=O)O)cc1OC(=O)CCCCC. The maximum absolute atomic E-state index is 12.7. The summed E-state index contributed by atoms with van der Waals surface area (Å²) >= 11 is 0. The van der Waals surface area contributed by atoms with Crippen molar-refractivity contribution in [2.75, 3.05) is 0 Å². The predicted molar refractivity (Wildman–Crippen MR) is 149 cm³/mol. The molecule has 0 saturated heterocycles. The van der Waals surface area contributed by atoms with Gasteiger partial charge in [-0.25, -0.2) is 4.79 Å². The lowest BCUT2D eigenvalue weighted by Gasteiger charge is -2.34. The quantitative estimate of drug-likeness (QED) is 0.0929. The number of benzene rings is 1. The zero-order valence-electron chi connectivity index (χ0n) is 24.5. The number of carboxylic acid groups (broad SMARTS) is 1. The number of esters is 3. The first kappa shape index (κ1) is 34.1. The Morgan fingerprint density at radius 3 is 1.90 bits per heavy atom. The first-order chi connectivity index (χ1) is 18.5. The second-order valence-electron chi connectivity index (χ2n) is 10.1. The number of carbonyl (C=O) groups is 4. The molecule has 220 valence electrons. The van der Waals surface area contributed by atoms with Gasteiger partial charge in [0.2, 0.25) is 0 Å². The lowest BCUT2D eigenvalue weighted by molar-refractivity contribution is -0.187. The molecular formula is C30H47NO8. The number of aliphatic carboxylic acids is 1. The molecule has 0 fully saturated rings. The summed E-state index contributed by atoms with van der Waals surface area (Å²) in [4.78, 5) is 50.2. The Morgan fingerprint density at radius 2 is 1.41 bits per heavy atom. The summed E-state index contributed by atoms with van der Waals surface area (Å²) in [5.74, 6) is -3.28. The van der Waals surface area contributed by atoms with Crippen molar-refractivity contribution in [3.8, 4) is 11.5 Å². The van der Waals surface area contributed by atoms with Gasteiger partial charge in [-0.3, -0.25) is 19.7 Å². The van der Waals surface area contributed by atoms with Gasteiger partial charge >= 0.3 is 23.9 Å². The van der Waals surface area contributed by atoms with Gasteiger partial charge in [0.1, 0.15) is 0 Å². The summed E-state index contributed by atoms with van der Waals surface area (Å²) in [6.07, 6.45) is 6.30. The maximum Gasteiger partial charge on any atom is 0.364 e. The molecule has 1 aromatic carbocycles. The zero-order chi connectivity index (χ0) is 29.4. The monoisotopic (exact) mass is 549 g/mol. The third-order valence-corrected chi connectivity index (χ3v) is 6.60. The minimum atomic E-state index is -2.04. The van der Waals surface area contributed by atoms with E-state index in [1.807, 2.05) is 27.7 Å². The number of hydrogen-bond donors (Lipinski definition) is 2. The van der Waals surface area contributed by atoms with Crippen molar-refractivity contribution in [3.63, 3.8) is 0 Å². The van der Waals surface area contributed by atoms with Gasteiger partial charge in [0.15, 0.2) is 11.5 Å². The van der Waals surface area contributed by atoms with Gasteiger partial charge in [0, 0.05) is 25.3 Å². The lowest BCUT2D eigenvalue weighted by Crippen LogP contribution is -2.60. The van der Waals surface area contributed by atoms with Crippen LogP contribution in [0.15, 0.2) is 18.2 Å². The van der Waals surface area contributed by atoms with Crippen LogP contribution in [0, 0.1) is 5.92 Å². The van der Waals surface area contributed by atoms with Crippen molar-refractivity contribution >= 4 is 23.9 Å². The highest BCUT2D eigenvalue weighted by Gasteiger charge is 2.44. The molecule has 2 unspecified atom stereocenters. The molecule has 1 rings (SSSR count). The molecule has 9 heteroatoms. The van der Waals surface area contributed by atoms with Crippen LogP contribution in [-0.2, 0) is 30.3 Å². The summed E-state index contributed by atoms with van der Waals surface area (Å²) in [5, 5.41) is 13.2. The van der Waals surface area contributed by atoms with E-state index in [0.717, 1.165) is 25.7 Å². The fourth-order valence-electron chi connectivity index (χ4n) is 3.74.